The van der Waals surface area contributed by atoms with E-state index in [2.05, 4.69) is 58.4 Å². The second kappa shape index (κ2) is 9.01. The molecule has 1 atom stereocenters. The Morgan fingerprint density at radius 3 is 2.38 bits per heavy atom. The average Bonchev–Trinajstić information content (AvgIpc) is 2.72. The number of thiocarbonyl (C=S) groups is 1. The van der Waals surface area contributed by atoms with Crippen LogP contribution in [0.3, 0.4) is 0 Å². The van der Waals surface area contributed by atoms with E-state index >= 15 is 0 Å². The molecule has 1 N–H and O–H groups in total. The van der Waals surface area contributed by atoms with E-state index in [0.29, 0.717) is 12.6 Å². The summed E-state index contributed by atoms with van der Waals surface area (Å²) in [6.45, 7) is 6.91. The van der Waals surface area contributed by atoms with Crippen LogP contribution in [0, 0.1) is 0 Å². The molecule has 26 heavy (non-hydrogen) atoms. The maximum Gasteiger partial charge on any atom is 0.169 e. The lowest BCUT2D eigenvalue weighted by Crippen LogP contribution is -2.51. The van der Waals surface area contributed by atoms with Crippen molar-refractivity contribution in [3.05, 3.63) is 65.7 Å². The van der Waals surface area contributed by atoms with Crippen LogP contribution in [0.1, 0.15) is 24.1 Å². The van der Waals surface area contributed by atoms with Crippen LogP contribution in [-0.4, -0.2) is 48.2 Å². The minimum atomic E-state index is 0.438. The van der Waals surface area contributed by atoms with Crippen LogP contribution in [0.15, 0.2) is 54.6 Å². The molecule has 4 nitrogen and oxygen atoms in total. The molecule has 0 radical (unpaired) electrons. The van der Waals surface area contributed by atoms with E-state index in [1.807, 2.05) is 18.2 Å². The minimum Gasteiger partial charge on any atom is -0.496 e. The topological polar surface area (TPSA) is 27.7 Å². The van der Waals surface area contributed by atoms with Crippen molar-refractivity contribution in [2.45, 2.75) is 19.5 Å². The normalized spacial score (nSPS) is 16.2. The summed E-state index contributed by atoms with van der Waals surface area (Å²) >= 11 is 5.61. The van der Waals surface area contributed by atoms with Crippen LogP contribution in [0.5, 0.6) is 5.75 Å². The summed E-state index contributed by atoms with van der Waals surface area (Å²) in [7, 11) is 1.70. The van der Waals surface area contributed by atoms with Gasteiger partial charge in [0.05, 0.1) is 7.11 Å². The number of hydrogen-bond donors (Lipinski definition) is 1. The molecule has 0 aromatic heterocycles. The van der Waals surface area contributed by atoms with Gasteiger partial charge in [-0.1, -0.05) is 48.5 Å². The summed E-state index contributed by atoms with van der Waals surface area (Å²) in [5.41, 5.74) is 2.49. The third kappa shape index (κ3) is 4.54. The molecule has 2 aromatic rings. The van der Waals surface area contributed by atoms with Gasteiger partial charge in [0, 0.05) is 44.3 Å². The molecular weight excluding hydrogens is 342 g/mol. The monoisotopic (exact) mass is 369 g/mol. The standard InChI is InChI=1S/C21H27N3OS/c1-17(18-8-4-3-5-9-18)23-12-14-24(15-13-23)21(26)22-16-19-10-6-7-11-20(19)25-2/h3-11,17H,12-16H2,1-2H3,(H,22,26). The van der Waals surface area contributed by atoms with Crippen molar-refractivity contribution in [2.24, 2.45) is 0 Å². The Labute approximate surface area is 161 Å². The first-order chi connectivity index (χ1) is 12.7. The Hall–Kier alpha value is -2.11. The molecule has 1 aliphatic rings. The lowest BCUT2D eigenvalue weighted by atomic mass is 10.1. The zero-order chi connectivity index (χ0) is 18.4. The SMILES string of the molecule is COc1ccccc1CNC(=S)N1CCN(C(C)c2ccccc2)CC1. The van der Waals surface area contributed by atoms with Crippen LogP contribution in [0.2, 0.25) is 0 Å². The number of para-hydroxylation sites is 1. The lowest BCUT2D eigenvalue weighted by molar-refractivity contribution is 0.140. The van der Waals surface area contributed by atoms with Crippen molar-refractivity contribution in [1.29, 1.82) is 0 Å². The number of methoxy groups -OCH3 is 1. The van der Waals surface area contributed by atoms with Crippen LogP contribution in [-0.2, 0) is 6.54 Å². The first-order valence-electron chi connectivity index (χ1n) is 9.12. The first kappa shape index (κ1) is 18.7. The number of rotatable bonds is 5. The third-order valence-corrected chi connectivity index (χ3v) is 5.46. The van der Waals surface area contributed by atoms with Gasteiger partial charge in [-0.15, -0.1) is 0 Å². The molecule has 0 saturated carbocycles. The van der Waals surface area contributed by atoms with E-state index in [-0.39, 0.29) is 0 Å². The molecule has 1 saturated heterocycles. The van der Waals surface area contributed by atoms with E-state index in [9.17, 15) is 0 Å². The molecule has 0 aliphatic carbocycles. The summed E-state index contributed by atoms with van der Waals surface area (Å²) in [6.07, 6.45) is 0. The molecule has 2 aromatic carbocycles. The van der Waals surface area contributed by atoms with Gasteiger partial charge in [-0.3, -0.25) is 4.90 Å². The highest BCUT2D eigenvalue weighted by Crippen LogP contribution is 2.21. The Morgan fingerprint density at radius 1 is 1.04 bits per heavy atom. The summed E-state index contributed by atoms with van der Waals surface area (Å²) in [5.74, 6) is 0.893. The summed E-state index contributed by atoms with van der Waals surface area (Å²) in [5, 5.41) is 4.20. The Balaban J connectivity index is 1.49. The van der Waals surface area contributed by atoms with E-state index in [1.165, 1.54) is 5.56 Å². The summed E-state index contributed by atoms with van der Waals surface area (Å²) < 4.78 is 5.40. The van der Waals surface area contributed by atoms with Crippen molar-refractivity contribution >= 4 is 17.3 Å². The average molecular weight is 370 g/mol. The van der Waals surface area contributed by atoms with Gasteiger partial charge in [-0.25, -0.2) is 0 Å². The Kier molecular flexibility index (Phi) is 6.47. The van der Waals surface area contributed by atoms with Gasteiger partial charge in [0.25, 0.3) is 0 Å². The molecule has 1 aliphatic heterocycles. The maximum atomic E-state index is 5.61. The van der Waals surface area contributed by atoms with Crippen molar-refractivity contribution in [3.8, 4) is 5.75 Å². The highest BCUT2D eigenvalue weighted by Gasteiger charge is 2.23. The second-order valence-corrected chi connectivity index (χ2v) is 6.97. The molecule has 1 heterocycles. The van der Waals surface area contributed by atoms with Crippen molar-refractivity contribution in [3.63, 3.8) is 0 Å². The molecule has 0 amide bonds. The van der Waals surface area contributed by atoms with Crippen LogP contribution < -0.4 is 10.1 Å². The fraction of sp³-hybridized carbons (Fsp3) is 0.381. The number of piperazine rings is 1. The van der Waals surface area contributed by atoms with Gasteiger partial charge in [0.1, 0.15) is 5.75 Å². The van der Waals surface area contributed by atoms with Crippen LogP contribution in [0.4, 0.5) is 0 Å². The third-order valence-electron chi connectivity index (χ3n) is 5.05. The first-order valence-corrected chi connectivity index (χ1v) is 9.53. The number of nitrogens with zero attached hydrogens (tertiary/aromatic N) is 2. The van der Waals surface area contributed by atoms with Gasteiger partial charge in [0.2, 0.25) is 0 Å². The smallest absolute Gasteiger partial charge is 0.169 e. The molecule has 0 spiro atoms. The number of ether oxygens (including phenoxy) is 1. The number of hydrogen-bond acceptors (Lipinski definition) is 3. The highest BCUT2D eigenvalue weighted by atomic mass is 32.1. The summed E-state index contributed by atoms with van der Waals surface area (Å²) in [4.78, 5) is 4.79. The van der Waals surface area contributed by atoms with Crippen LogP contribution in [0.25, 0.3) is 0 Å². The van der Waals surface area contributed by atoms with E-state index in [0.717, 1.165) is 42.6 Å². The highest BCUT2D eigenvalue weighted by molar-refractivity contribution is 7.80. The molecule has 0 bridgehead atoms. The quantitative estimate of drug-likeness (QED) is 0.815. The van der Waals surface area contributed by atoms with Gasteiger partial charge in [-0.05, 0) is 30.8 Å². The van der Waals surface area contributed by atoms with Gasteiger partial charge in [-0.2, -0.15) is 0 Å². The zero-order valence-electron chi connectivity index (χ0n) is 15.5. The van der Waals surface area contributed by atoms with Gasteiger partial charge < -0.3 is 15.0 Å². The van der Waals surface area contributed by atoms with Gasteiger partial charge >= 0.3 is 0 Å². The van der Waals surface area contributed by atoms with E-state index in [1.54, 1.807) is 7.11 Å². The van der Waals surface area contributed by atoms with Crippen molar-refractivity contribution in [1.82, 2.24) is 15.1 Å². The zero-order valence-corrected chi connectivity index (χ0v) is 16.3. The molecule has 1 fully saturated rings. The molecule has 138 valence electrons. The number of benzene rings is 2. The van der Waals surface area contributed by atoms with E-state index in [4.69, 9.17) is 17.0 Å². The number of nitrogens with one attached hydrogen (secondary N) is 1. The molecular formula is C21H27N3OS. The lowest BCUT2D eigenvalue weighted by Gasteiger charge is -2.39. The Morgan fingerprint density at radius 2 is 1.69 bits per heavy atom. The van der Waals surface area contributed by atoms with Crippen molar-refractivity contribution < 1.29 is 4.74 Å². The largest absolute Gasteiger partial charge is 0.496 e. The summed E-state index contributed by atoms with van der Waals surface area (Å²) in [6, 6.07) is 19.2. The second-order valence-electron chi connectivity index (χ2n) is 6.58. The predicted molar refractivity (Wildman–Crippen MR) is 110 cm³/mol. The minimum absolute atomic E-state index is 0.438. The van der Waals surface area contributed by atoms with E-state index < -0.39 is 0 Å². The fourth-order valence-electron chi connectivity index (χ4n) is 3.39. The van der Waals surface area contributed by atoms with Gasteiger partial charge in [0.15, 0.2) is 5.11 Å². The van der Waals surface area contributed by atoms with Crippen LogP contribution >= 0.6 is 12.2 Å². The fourth-order valence-corrected chi connectivity index (χ4v) is 3.64. The Bertz CT molecular complexity index is 714. The maximum absolute atomic E-state index is 5.61. The molecule has 1 unspecified atom stereocenters. The van der Waals surface area contributed by atoms with Crippen molar-refractivity contribution in [2.75, 3.05) is 33.3 Å². The molecule has 5 heteroatoms. The predicted octanol–water partition coefficient (Wildman–Crippen LogP) is 3.45. The molecule has 3 rings (SSSR count).